The largest absolute Gasteiger partial charge is 0.287 e. The molecule has 0 bridgehead atoms. The van der Waals surface area contributed by atoms with Crippen LogP contribution in [0.5, 0.6) is 0 Å². The van der Waals surface area contributed by atoms with Gasteiger partial charge in [-0.05, 0) is 31.2 Å². The van der Waals surface area contributed by atoms with Crippen molar-refractivity contribution in [2.45, 2.75) is 13.5 Å². The molecule has 88 valence electrons. The average molecular weight is 297 g/mol. The number of carbonyl (C=O) groups is 1. The van der Waals surface area contributed by atoms with Crippen molar-refractivity contribution in [3.05, 3.63) is 52.0 Å². The molecule has 17 heavy (non-hydrogen) atoms. The zero-order valence-corrected chi connectivity index (χ0v) is 10.7. The molecule has 0 radical (unpaired) electrons. The summed E-state index contributed by atoms with van der Waals surface area (Å²) in [5.41, 5.74) is 0.456. The summed E-state index contributed by atoms with van der Waals surface area (Å²) in [6, 6.07) is 5.98. The van der Waals surface area contributed by atoms with E-state index in [4.69, 9.17) is 0 Å². The summed E-state index contributed by atoms with van der Waals surface area (Å²) in [5.74, 6) is -0.887. The van der Waals surface area contributed by atoms with Gasteiger partial charge in [-0.3, -0.25) is 9.48 Å². The van der Waals surface area contributed by atoms with Crippen LogP contribution in [0.1, 0.15) is 23.0 Å². The van der Waals surface area contributed by atoms with Crippen LogP contribution >= 0.6 is 15.9 Å². The SMILES string of the molecule is CCn1nccc1C(=O)c1ccc(Br)cc1F. The Morgan fingerprint density at radius 2 is 2.24 bits per heavy atom. The Bertz CT molecular complexity index is 565. The van der Waals surface area contributed by atoms with E-state index in [1.807, 2.05) is 6.92 Å². The van der Waals surface area contributed by atoms with Crippen LogP contribution in [0.2, 0.25) is 0 Å². The van der Waals surface area contributed by atoms with Gasteiger partial charge in [0.2, 0.25) is 5.78 Å². The molecule has 0 aliphatic carbocycles. The zero-order chi connectivity index (χ0) is 12.4. The molecular weight excluding hydrogens is 287 g/mol. The van der Waals surface area contributed by atoms with E-state index in [1.54, 1.807) is 16.8 Å². The minimum atomic E-state index is -0.534. The van der Waals surface area contributed by atoms with E-state index in [-0.39, 0.29) is 11.3 Å². The van der Waals surface area contributed by atoms with Gasteiger partial charge in [0.15, 0.2) is 0 Å². The quantitative estimate of drug-likeness (QED) is 0.816. The molecule has 1 aromatic heterocycles. The molecule has 0 N–H and O–H groups in total. The fourth-order valence-electron chi connectivity index (χ4n) is 1.59. The van der Waals surface area contributed by atoms with Crippen LogP contribution in [-0.4, -0.2) is 15.6 Å². The number of hydrogen-bond donors (Lipinski definition) is 0. The van der Waals surface area contributed by atoms with Crippen molar-refractivity contribution >= 4 is 21.7 Å². The molecule has 2 aromatic rings. The lowest BCUT2D eigenvalue weighted by Crippen LogP contribution is -2.11. The van der Waals surface area contributed by atoms with Crippen LogP contribution in [0.4, 0.5) is 4.39 Å². The molecule has 3 nitrogen and oxygen atoms in total. The third kappa shape index (κ3) is 2.29. The average Bonchev–Trinajstić information content (AvgIpc) is 2.76. The summed E-state index contributed by atoms with van der Waals surface area (Å²) in [4.78, 5) is 12.1. The Morgan fingerprint density at radius 1 is 1.47 bits per heavy atom. The smallest absolute Gasteiger partial charge is 0.213 e. The van der Waals surface area contributed by atoms with Crippen molar-refractivity contribution in [3.8, 4) is 0 Å². The van der Waals surface area contributed by atoms with Gasteiger partial charge >= 0.3 is 0 Å². The summed E-state index contributed by atoms with van der Waals surface area (Å²) in [7, 11) is 0. The van der Waals surface area contributed by atoms with Crippen LogP contribution in [-0.2, 0) is 6.54 Å². The Morgan fingerprint density at radius 3 is 2.88 bits per heavy atom. The molecule has 0 fully saturated rings. The maximum Gasteiger partial charge on any atom is 0.213 e. The minimum absolute atomic E-state index is 0.0587. The number of halogens is 2. The Hall–Kier alpha value is -1.49. The maximum absolute atomic E-state index is 13.6. The summed E-state index contributed by atoms with van der Waals surface area (Å²) >= 11 is 3.15. The van der Waals surface area contributed by atoms with Gasteiger partial charge in [0.1, 0.15) is 11.5 Å². The van der Waals surface area contributed by atoms with Crippen molar-refractivity contribution < 1.29 is 9.18 Å². The molecule has 0 aliphatic rings. The number of aryl methyl sites for hydroxylation is 1. The highest BCUT2D eigenvalue weighted by molar-refractivity contribution is 9.10. The molecule has 0 saturated carbocycles. The van der Waals surface area contributed by atoms with Gasteiger partial charge in [0.05, 0.1) is 5.56 Å². The van der Waals surface area contributed by atoms with Gasteiger partial charge in [0.25, 0.3) is 0 Å². The zero-order valence-electron chi connectivity index (χ0n) is 9.15. The molecule has 2 rings (SSSR count). The molecule has 0 amide bonds. The standard InChI is InChI=1S/C12H10BrFN2O/c1-2-16-11(5-6-15-16)12(17)9-4-3-8(13)7-10(9)14/h3-7H,2H2,1H3. The number of ketones is 1. The van der Waals surface area contributed by atoms with E-state index in [0.29, 0.717) is 16.7 Å². The fourth-order valence-corrected chi connectivity index (χ4v) is 1.92. The first-order chi connectivity index (χ1) is 8.13. The number of carbonyl (C=O) groups excluding carboxylic acids is 1. The van der Waals surface area contributed by atoms with Crippen LogP contribution < -0.4 is 0 Å². The summed E-state index contributed by atoms with van der Waals surface area (Å²) < 4.78 is 15.8. The Kier molecular flexibility index (Phi) is 3.38. The highest BCUT2D eigenvalue weighted by Crippen LogP contribution is 2.18. The monoisotopic (exact) mass is 296 g/mol. The van der Waals surface area contributed by atoms with E-state index in [0.717, 1.165) is 0 Å². The summed E-state index contributed by atoms with van der Waals surface area (Å²) in [6.07, 6.45) is 1.54. The van der Waals surface area contributed by atoms with Crippen LogP contribution in [0.15, 0.2) is 34.9 Å². The third-order valence-corrected chi connectivity index (χ3v) is 2.92. The first-order valence-electron chi connectivity index (χ1n) is 5.15. The summed E-state index contributed by atoms with van der Waals surface area (Å²) in [6.45, 7) is 2.45. The Labute approximate surface area is 106 Å². The van der Waals surface area contributed by atoms with Crippen LogP contribution in [0, 0.1) is 5.82 Å². The predicted molar refractivity (Wildman–Crippen MR) is 65.4 cm³/mol. The van der Waals surface area contributed by atoms with Crippen molar-refractivity contribution in [1.82, 2.24) is 9.78 Å². The molecule has 5 heteroatoms. The maximum atomic E-state index is 13.6. The molecule has 1 aromatic carbocycles. The highest BCUT2D eigenvalue weighted by Gasteiger charge is 2.17. The molecule has 1 heterocycles. The number of aromatic nitrogens is 2. The lowest BCUT2D eigenvalue weighted by Gasteiger charge is -2.05. The van der Waals surface area contributed by atoms with E-state index >= 15 is 0 Å². The molecule has 0 saturated heterocycles. The third-order valence-electron chi connectivity index (χ3n) is 2.42. The first kappa shape index (κ1) is 12.0. The first-order valence-corrected chi connectivity index (χ1v) is 5.94. The second kappa shape index (κ2) is 4.79. The lowest BCUT2D eigenvalue weighted by molar-refractivity contribution is 0.102. The van der Waals surface area contributed by atoms with Crippen molar-refractivity contribution in [3.63, 3.8) is 0 Å². The lowest BCUT2D eigenvalue weighted by atomic mass is 10.1. The van der Waals surface area contributed by atoms with Crippen molar-refractivity contribution in [2.24, 2.45) is 0 Å². The van der Waals surface area contributed by atoms with Gasteiger partial charge < -0.3 is 0 Å². The minimum Gasteiger partial charge on any atom is -0.287 e. The molecule has 0 atom stereocenters. The normalized spacial score (nSPS) is 10.5. The van der Waals surface area contributed by atoms with Crippen LogP contribution in [0.25, 0.3) is 0 Å². The van der Waals surface area contributed by atoms with Crippen molar-refractivity contribution in [1.29, 1.82) is 0 Å². The second-order valence-corrected chi connectivity index (χ2v) is 4.40. The highest BCUT2D eigenvalue weighted by atomic mass is 79.9. The molecular formula is C12H10BrFN2O. The fraction of sp³-hybridized carbons (Fsp3) is 0.167. The van der Waals surface area contributed by atoms with Crippen molar-refractivity contribution in [2.75, 3.05) is 0 Å². The van der Waals surface area contributed by atoms with Gasteiger partial charge in [-0.2, -0.15) is 5.10 Å². The van der Waals surface area contributed by atoms with Gasteiger partial charge in [-0.15, -0.1) is 0 Å². The predicted octanol–water partition coefficient (Wildman–Crippen LogP) is 3.04. The van der Waals surface area contributed by atoms with Gasteiger partial charge in [-0.1, -0.05) is 15.9 Å². The van der Waals surface area contributed by atoms with E-state index in [2.05, 4.69) is 21.0 Å². The summed E-state index contributed by atoms with van der Waals surface area (Å²) in [5, 5.41) is 3.99. The van der Waals surface area contributed by atoms with E-state index < -0.39 is 5.82 Å². The number of nitrogens with zero attached hydrogens (tertiary/aromatic N) is 2. The van der Waals surface area contributed by atoms with Gasteiger partial charge in [-0.25, -0.2) is 4.39 Å². The molecule has 0 spiro atoms. The van der Waals surface area contributed by atoms with Crippen LogP contribution in [0.3, 0.4) is 0 Å². The van der Waals surface area contributed by atoms with Gasteiger partial charge in [0, 0.05) is 17.2 Å². The molecule has 0 unspecified atom stereocenters. The number of hydrogen-bond acceptors (Lipinski definition) is 2. The Balaban J connectivity index is 2.44. The molecule has 0 aliphatic heterocycles. The van der Waals surface area contributed by atoms with E-state index in [1.165, 1.54) is 18.3 Å². The topological polar surface area (TPSA) is 34.9 Å². The number of rotatable bonds is 3. The second-order valence-electron chi connectivity index (χ2n) is 3.49. The number of benzene rings is 1. The van der Waals surface area contributed by atoms with E-state index in [9.17, 15) is 9.18 Å².